The van der Waals surface area contributed by atoms with Crippen LogP contribution < -0.4 is 0 Å². The predicted molar refractivity (Wildman–Crippen MR) is 82.1 cm³/mol. The van der Waals surface area contributed by atoms with Crippen molar-refractivity contribution in [3.8, 4) is 0 Å². The fourth-order valence-electron chi connectivity index (χ4n) is 2.28. The van der Waals surface area contributed by atoms with Gasteiger partial charge in [0.1, 0.15) is 0 Å². The van der Waals surface area contributed by atoms with Crippen LogP contribution >= 0.6 is 0 Å². The largest absolute Gasteiger partial charge is 0.478 e. The van der Waals surface area contributed by atoms with E-state index in [0.717, 1.165) is 0 Å². The first kappa shape index (κ1) is 17.7. The molecule has 118 valence electrons. The van der Waals surface area contributed by atoms with Gasteiger partial charge in [0, 0.05) is 13.1 Å². The van der Waals surface area contributed by atoms with E-state index in [1.165, 1.54) is 10.4 Å². The molecule has 0 amide bonds. The van der Waals surface area contributed by atoms with E-state index in [0.29, 0.717) is 24.2 Å². The highest BCUT2D eigenvalue weighted by atomic mass is 32.2. The second kappa shape index (κ2) is 6.58. The zero-order valence-electron chi connectivity index (χ0n) is 13.2. The third kappa shape index (κ3) is 3.83. The van der Waals surface area contributed by atoms with Crippen LogP contribution in [0.5, 0.6) is 0 Å². The molecule has 0 aliphatic carbocycles. The van der Waals surface area contributed by atoms with Crippen LogP contribution in [0.4, 0.5) is 0 Å². The maximum Gasteiger partial charge on any atom is 0.335 e. The summed E-state index contributed by atoms with van der Waals surface area (Å²) >= 11 is 0. The first-order valence-electron chi connectivity index (χ1n) is 6.95. The molecule has 0 aliphatic rings. The monoisotopic (exact) mass is 313 g/mol. The number of nitrogens with zero attached hydrogens (tertiary/aromatic N) is 1. The summed E-state index contributed by atoms with van der Waals surface area (Å²) in [7, 11) is -3.68. The normalized spacial score (nSPS) is 12.1. The number of carboxylic acid groups (broad SMARTS) is 1. The van der Waals surface area contributed by atoms with Crippen LogP contribution in [0, 0.1) is 19.8 Å². The topological polar surface area (TPSA) is 74.7 Å². The van der Waals surface area contributed by atoms with Crippen molar-refractivity contribution in [3.63, 3.8) is 0 Å². The van der Waals surface area contributed by atoms with E-state index in [9.17, 15) is 18.3 Å². The molecule has 5 nitrogen and oxygen atoms in total. The van der Waals surface area contributed by atoms with Crippen molar-refractivity contribution >= 4 is 16.0 Å². The first-order valence-corrected chi connectivity index (χ1v) is 8.40. The highest BCUT2D eigenvalue weighted by molar-refractivity contribution is 7.89. The molecule has 1 rings (SSSR count). The van der Waals surface area contributed by atoms with Crippen LogP contribution in [0.2, 0.25) is 0 Å². The average molecular weight is 313 g/mol. The second-order valence-corrected chi connectivity index (χ2v) is 7.49. The Balaban J connectivity index is 3.43. The smallest absolute Gasteiger partial charge is 0.335 e. The number of aromatic carboxylic acids is 1. The third-order valence-corrected chi connectivity index (χ3v) is 5.37. The van der Waals surface area contributed by atoms with Gasteiger partial charge >= 0.3 is 5.97 Å². The maximum atomic E-state index is 12.7. The van der Waals surface area contributed by atoms with Crippen molar-refractivity contribution in [1.82, 2.24) is 4.31 Å². The van der Waals surface area contributed by atoms with Gasteiger partial charge in [-0.3, -0.25) is 0 Å². The van der Waals surface area contributed by atoms with Gasteiger partial charge in [-0.15, -0.1) is 0 Å². The van der Waals surface area contributed by atoms with E-state index >= 15 is 0 Å². The minimum atomic E-state index is -3.68. The standard InChI is InChI=1S/C15H23NO4S/c1-6-16(9-10(2)3)21(19,20)14-8-13(15(17)18)11(4)7-12(14)5/h7-8,10H,6,9H2,1-5H3,(H,17,18). The van der Waals surface area contributed by atoms with Crippen molar-refractivity contribution in [2.75, 3.05) is 13.1 Å². The van der Waals surface area contributed by atoms with Gasteiger partial charge < -0.3 is 5.11 Å². The number of aryl methyl sites for hydroxylation is 2. The van der Waals surface area contributed by atoms with Crippen molar-refractivity contribution in [2.45, 2.75) is 39.5 Å². The van der Waals surface area contributed by atoms with Gasteiger partial charge in [0.25, 0.3) is 0 Å². The molecule has 1 N–H and O–H groups in total. The van der Waals surface area contributed by atoms with Crippen molar-refractivity contribution in [2.24, 2.45) is 5.92 Å². The van der Waals surface area contributed by atoms with Crippen LogP contribution in [-0.4, -0.2) is 36.9 Å². The summed E-state index contributed by atoms with van der Waals surface area (Å²) in [4.78, 5) is 11.3. The van der Waals surface area contributed by atoms with Crippen LogP contribution in [-0.2, 0) is 10.0 Å². The number of benzene rings is 1. The lowest BCUT2D eigenvalue weighted by Gasteiger charge is -2.23. The fraction of sp³-hybridized carbons (Fsp3) is 0.533. The van der Waals surface area contributed by atoms with E-state index in [1.54, 1.807) is 26.8 Å². The molecule has 1 aromatic carbocycles. The van der Waals surface area contributed by atoms with Gasteiger partial charge in [-0.1, -0.05) is 26.8 Å². The van der Waals surface area contributed by atoms with E-state index in [4.69, 9.17) is 0 Å². The molecule has 0 fully saturated rings. The van der Waals surface area contributed by atoms with E-state index < -0.39 is 16.0 Å². The highest BCUT2D eigenvalue weighted by Crippen LogP contribution is 2.24. The molecule has 0 radical (unpaired) electrons. The molecule has 0 atom stereocenters. The van der Waals surface area contributed by atoms with Crippen LogP contribution in [0.1, 0.15) is 42.3 Å². The predicted octanol–water partition coefficient (Wildman–Crippen LogP) is 2.67. The molecular weight excluding hydrogens is 290 g/mol. The summed E-state index contributed by atoms with van der Waals surface area (Å²) in [6, 6.07) is 2.88. The van der Waals surface area contributed by atoms with E-state index in [1.807, 2.05) is 13.8 Å². The molecule has 0 aliphatic heterocycles. The van der Waals surface area contributed by atoms with Gasteiger partial charge in [-0.2, -0.15) is 4.31 Å². The summed E-state index contributed by atoms with van der Waals surface area (Å²) in [5.41, 5.74) is 1.16. The Labute approximate surface area is 126 Å². The minimum Gasteiger partial charge on any atom is -0.478 e. The number of sulfonamides is 1. The molecule has 0 saturated carbocycles. The number of hydrogen-bond acceptors (Lipinski definition) is 3. The Morgan fingerprint density at radius 1 is 1.24 bits per heavy atom. The van der Waals surface area contributed by atoms with Crippen LogP contribution in [0.25, 0.3) is 0 Å². The summed E-state index contributed by atoms with van der Waals surface area (Å²) in [6.07, 6.45) is 0. The lowest BCUT2D eigenvalue weighted by molar-refractivity contribution is 0.0696. The van der Waals surface area contributed by atoms with Crippen LogP contribution in [0.3, 0.4) is 0 Å². The van der Waals surface area contributed by atoms with Crippen LogP contribution in [0.15, 0.2) is 17.0 Å². The molecule has 6 heteroatoms. The summed E-state index contributed by atoms with van der Waals surface area (Å²) in [5, 5.41) is 9.18. The van der Waals surface area contributed by atoms with Crippen molar-refractivity contribution in [3.05, 3.63) is 28.8 Å². The average Bonchev–Trinajstić information content (AvgIpc) is 2.34. The quantitative estimate of drug-likeness (QED) is 0.876. The number of carbonyl (C=O) groups is 1. The molecule has 0 heterocycles. The Morgan fingerprint density at radius 2 is 1.81 bits per heavy atom. The van der Waals surface area contributed by atoms with Gasteiger partial charge in [-0.25, -0.2) is 13.2 Å². The molecule has 21 heavy (non-hydrogen) atoms. The first-order chi connectivity index (χ1) is 9.61. The van der Waals surface area contributed by atoms with E-state index in [-0.39, 0.29) is 16.4 Å². The summed E-state index contributed by atoms with van der Waals surface area (Å²) < 4.78 is 26.9. The zero-order valence-corrected chi connectivity index (χ0v) is 14.0. The Kier molecular flexibility index (Phi) is 5.53. The third-order valence-electron chi connectivity index (χ3n) is 3.29. The molecule has 0 unspecified atom stereocenters. The zero-order chi connectivity index (χ0) is 16.4. The van der Waals surface area contributed by atoms with Crippen molar-refractivity contribution < 1.29 is 18.3 Å². The molecule has 1 aromatic rings. The summed E-state index contributed by atoms with van der Waals surface area (Å²) in [6.45, 7) is 9.80. The van der Waals surface area contributed by atoms with E-state index in [2.05, 4.69) is 0 Å². The number of carboxylic acids is 1. The second-order valence-electron chi connectivity index (χ2n) is 5.59. The summed E-state index contributed by atoms with van der Waals surface area (Å²) in [5.74, 6) is -0.916. The van der Waals surface area contributed by atoms with Gasteiger partial charge in [-0.05, 0) is 37.0 Å². The Hall–Kier alpha value is -1.40. The Morgan fingerprint density at radius 3 is 2.24 bits per heavy atom. The molecule has 0 spiro atoms. The van der Waals surface area contributed by atoms with Crippen molar-refractivity contribution in [1.29, 1.82) is 0 Å². The SMILES string of the molecule is CCN(CC(C)C)S(=O)(=O)c1cc(C(=O)O)c(C)cc1C. The maximum absolute atomic E-state index is 12.7. The molecule has 0 aromatic heterocycles. The van der Waals surface area contributed by atoms with Gasteiger partial charge in [0.2, 0.25) is 10.0 Å². The minimum absolute atomic E-state index is 0.0276. The number of rotatable bonds is 6. The number of hydrogen-bond donors (Lipinski definition) is 1. The lowest BCUT2D eigenvalue weighted by atomic mass is 10.1. The molecule has 0 saturated heterocycles. The molecular formula is C15H23NO4S. The Bertz CT molecular complexity index is 635. The fourth-order valence-corrected chi connectivity index (χ4v) is 4.13. The molecule has 0 bridgehead atoms. The van der Waals surface area contributed by atoms with Gasteiger partial charge in [0.05, 0.1) is 10.5 Å². The lowest BCUT2D eigenvalue weighted by Crippen LogP contribution is -2.34. The van der Waals surface area contributed by atoms with Gasteiger partial charge in [0.15, 0.2) is 0 Å². The highest BCUT2D eigenvalue weighted by Gasteiger charge is 2.27.